The van der Waals surface area contributed by atoms with Crippen LogP contribution in [-0.4, -0.2) is 36.1 Å². The summed E-state index contributed by atoms with van der Waals surface area (Å²) in [7, 11) is 0. The summed E-state index contributed by atoms with van der Waals surface area (Å²) in [5.74, 6) is 0.548. The molecule has 0 spiro atoms. The molecule has 3 nitrogen and oxygen atoms in total. The van der Waals surface area contributed by atoms with E-state index in [2.05, 4.69) is 13.8 Å². The van der Waals surface area contributed by atoms with Crippen LogP contribution in [0.3, 0.4) is 0 Å². The number of rotatable bonds is 7. The number of ether oxygens (including phenoxy) is 2. The quantitative estimate of drug-likeness (QED) is 0.666. The van der Waals surface area contributed by atoms with Crippen molar-refractivity contribution in [3.05, 3.63) is 0 Å². The monoisotopic (exact) mass is 218 g/mol. The van der Waals surface area contributed by atoms with Gasteiger partial charge in [-0.05, 0) is 33.6 Å². The second-order valence-electron chi connectivity index (χ2n) is 5.39. The molecule has 3 heteroatoms. The average molecular weight is 218 g/mol. The van der Waals surface area contributed by atoms with Gasteiger partial charge in [-0.25, -0.2) is 0 Å². The van der Waals surface area contributed by atoms with Crippen LogP contribution >= 0.6 is 0 Å². The third-order valence-electron chi connectivity index (χ3n) is 2.62. The molecule has 0 amide bonds. The summed E-state index contributed by atoms with van der Waals surface area (Å²) in [6.45, 7) is 13.4. The molecule has 0 aliphatic rings. The summed E-state index contributed by atoms with van der Waals surface area (Å²) in [6.07, 6.45) is 0. The summed E-state index contributed by atoms with van der Waals surface area (Å²) < 4.78 is 11.0. The lowest BCUT2D eigenvalue weighted by Crippen LogP contribution is -2.47. The first-order valence-electron chi connectivity index (χ1n) is 5.61. The van der Waals surface area contributed by atoms with E-state index < -0.39 is 11.2 Å². The molecule has 0 aromatic carbocycles. The van der Waals surface area contributed by atoms with Crippen molar-refractivity contribution in [2.75, 3.05) is 19.8 Å². The van der Waals surface area contributed by atoms with E-state index in [1.165, 1.54) is 0 Å². The van der Waals surface area contributed by atoms with E-state index in [0.717, 1.165) is 6.61 Å². The molecule has 0 radical (unpaired) electrons. The van der Waals surface area contributed by atoms with Crippen molar-refractivity contribution in [2.24, 2.45) is 5.92 Å². The van der Waals surface area contributed by atoms with Gasteiger partial charge in [-0.2, -0.15) is 0 Å². The van der Waals surface area contributed by atoms with Gasteiger partial charge in [-0.15, -0.1) is 0 Å². The fourth-order valence-electron chi connectivity index (χ4n) is 0.851. The van der Waals surface area contributed by atoms with E-state index in [-0.39, 0.29) is 0 Å². The van der Waals surface area contributed by atoms with Gasteiger partial charge < -0.3 is 14.6 Å². The topological polar surface area (TPSA) is 38.7 Å². The minimum atomic E-state index is -0.842. The van der Waals surface area contributed by atoms with Crippen molar-refractivity contribution in [1.82, 2.24) is 0 Å². The van der Waals surface area contributed by atoms with Crippen molar-refractivity contribution >= 4 is 0 Å². The van der Waals surface area contributed by atoms with Crippen molar-refractivity contribution in [1.29, 1.82) is 0 Å². The highest BCUT2D eigenvalue weighted by atomic mass is 16.5. The highest BCUT2D eigenvalue weighted by molar-refractivity contribution is 4.87. The molecule has 0 aliphatic heterocycles. The van der Waals surface area contributed by atoms with Crippen LogP contribution in [0, 0.1) is 5.92 Å². The van der Waals surface area contributed by atoms with Gasteiger partial charge in [0.2, 0.25) is 0 Å². The maximum absolute atomic E-state index is 9.82. The minimum absolute atomic E-state index is 0.518. The van der Waals surface area contributed by atoms with E-state index in [9.17, 15) is 5.11 Å². The molecule has 0 aromatic heterocycles. The molecule has 0 fully saturated rings. The van der Waals surface area contributed by atoms with E-state index in [1.54, 1.807) is 13.8 Å². The lowest BCUT2D eigenvalue weighted by molar-refractivity contribution is -0.155. The van der Waals surface area contributed by atoms with Crippen LogP contribution in [-0.2, 0) is 9.47 Å². The first-order chi connectivity index (χ1) is 6.67. The zero-order valence-corrected chi connectivity index (χ0v) is 11.0. The Kier molecular flexibility index (Phi) is 5.78. The van der Waals surface area contributed by atoms with E-state index >= 15 is 0 Å². The number of aliphatic hydroxyl groups is 1. The maximum atomic E-state index is 9.82. The van der Waals surface area contributed by atoms with Crippen molar-refractivity contribution in [2.45, 2.75) is 52.7 Å². The van der Waals surface area contributed by atoms with Gasteiger partial charge in [0.05, 0.1) is 24.4 Å². The van der Waals surface area contributed by atoms with Crippen LogP contribution in [0.25, 0.3) is 0 Å². The Hall–Kier alpha value is -0.120. The van der Waals surface area contributed by atoms with Gasteiger partial charge in [-0.3, -0.25) is 0 Å². The minimum Gasteiger partial charge on any atom is -0.387 e. The summed E-state index contributed by atoms with van der Waals surface area (Å²) in [5, 5.41) is 9.82. The smallest absolute Gasteiger partial charge is 0.0907 e. The van der Waals surface area contributed by atoms with Gasteiger partial charge in [0.25, 0.3) is 0 Å². The molecule has 0 atom stereocenters. The summed E-state index contributed by atoms with van der Waals surface area (Å²) in [6, 6.07) is 0. The Labute approximate surface area is 93.8 Å². The Morgan fingerprint density at radius 3 is 2.00 bits per heavy atom. The van der Waals surface area contributed by atoms with E-state index in [0.29, 0.717) is 19.1 Å². The molecule has 0 unspecified atom stereocenters. The molecule has 92 valence electrons. The number of hydrogen-bond acceptors (Lipinski definition) is 3. The Morgan fingerprint density at radius 1 is 1.07 bits per heavy atom. The largest absolute Gasteiger partial charge is 0.387 e. The highest BCUT2D eigenvalue weighted by Crippen LogP contribution is 2.24. The zero-order chi connectivity index (χ0) is 12.1. The fraction of sp³-hybridized carbons (Fsp3) is 1.00. The van der Waals surface area contributed by atoms with Crippen LogP contribution in [0.15, 0.2) is 0 Å². The first-order valence-corrected chi connectivity index (χ1v) is 5.61. The van der Waals surface area contributed by atoms with Gasteiger partial charge in [0.1, 0.15) is 0 Å². The van der Waals surface area contributed by atoms with Gasteiger partial charge in [0.15, 0.2) is 0 Å². The normalized spacial score (nSPS) is 13.6. The first kappa shape index (κ1) is 14.9. The molecule has 0 rings (SSSR count). The average Bonchev–Trinajstić information content (AvgIpc) is 2.00. The Morgan fingerprint density at radius 2 is 1.60 bits per heavy atom. The molecule has 0 saturated carbocycles. The summed E-state index contributed by atoms with van der Waals surface area (Å²) in [4.78, 5) is 0. The van der Waals surface area contributed by atoms with Crippen LogP contribution in [0.5, 0.6) is 0 Å². The molecule has 15 heavy (non-hydrogen) atoms. The van der Waals surface area contributed by atoms with Gasteiger partial charge in [0, 0.05) is 6.61 Å². The van der Waals surface area contributed by atoms with Crippen molar-refractivity contribution in [3.8, 4) is 0 Å². The molecular weight excluding hydrogens is 192 g/mol. The summed E-state index contributed by atoms with van der Waals surface area (Å²) >= 11 is 0. The second-order valence-corrected chi connectivity index (χ2v) is 5.39. The highest BCUT2D eigenvalue weighted by Gasteiger charge is 2.35. The van der Waals surface area contributed by atoms with Gasteiger partial charge in [-0.1, -0.05) is 13.8 Å². The van der Waals surface area contributed by atoms with Crippen LogP contribution in [0.2, 0.25) is 0 Å². The SMILES string of the molecule is CC(C)COCCOC(C)(C)C(C)(C)O. The maximum Gasteiger partial charge on any atom is 0.0907 e. The standard InChI is InChI=1S/C12H26O3/c1-10(2)9-14-7-8-15-12(5,6)11(3,4)13/h10,13H,7-9H2,1-6H3. The molecule has 0 aliphatic carbocycles. The zero-order valence-electron chi connectivity index (χ0n) is 11.0. The summed E-state index contributed by atoms with van der Waals surface area (Å²) in [5.41, 5.74) is -1.39. The Balaban J connectivity index is 3.68. The third-order valence-corrected chi connectivity index (χ3v) is 2.62. The molecule has 0 bridgehead atoms. The van der Waals surface area contributed by atoms with E-state index in [1.807, 2.05) is 13.8 Å². The van der Waals surface area contributed by atoms with Crippen molar-refractivity contribution in [3.63, 3.8) is 0 Å². The van der Waals surface area contributed by atoms with Gasteiger partial charge >= 0.3 is 0 Å². The van der Waals surface area contributed by atoms with E-state index in [4.69, 9.17) is 9.47 Å². The molecule has 0 heterocycles. The third kappa shape index (κ3) is 6.13. The number of hydrogen-bond donors (Lipinski definition) is 1. The van der Waals surface area contributed by atoms with Crippen LogP contribution in [0.4, 0.5) is 0 Å². The second kappa shape index (κ2) is 5.83. The molecule has 0 saturated heterocycles. The predicted molar refractivity (Wildman–Crippen MR) is 62.0 cm³/mol. The Bertz CT molecular complexity index is 168. The lowest BCUT2D eigenvalue weighted by atomic mass is 9.89. The van der Waals surface area contributed by atoms with Crippen LogP contribution in [0.1, 0.15) is 41.5 Å². The molecule has 1 N–H and O–H groups in total. The lowest BCUT2D eigenvalue weighted by Gasteiger charge is -2.37. The van der Waals surface area contributed by atoms with Crippen molar-refractivity contribution < 1.29 is 14.6 Å². The van der Waals surface area contributed by atoms with Crippen LogP contribution < -0.4 is 0 Å². The predicted octanol–water partition coefficient (Wildman–Crippen LogP) is 2.23. The molecular formula is C12H26O3. The fourth-order valence-corrected chi connectivity index (χ4v) is 0.851. The molecule has 0 aromatic rings.